The maximum absolute atomic E-state index is 4.77. The molecular weight excluding hydrogens is 332 g/mol. The van der Waals surface area contributed by atoms with Gasteiger partial charge in [0.2, 0.25) is 0 Å². The number of halogens is 1. The average molecular weight is 351 g/mol. The van der Waals surface area contributed by atoms with Crippen LogP contribution in [-0.4, -0.2) is 11.0 Å². The Balaban J connectivity index is 2.00. The normalized spacial score (nSPS) is 16.4. The summed E-state index contributed by atoms with van der Waals surface area (Å²) >= 11 is 5.52. The Bertz CT molecular complexity index is 612. The standard InChI is InChI=1S/C16H19BrN2S/c1-9-4-7-13(14(17)8-9)15(19-12-5-6-12)16-18-10(2)11(3)20-16/h4,7-8,12,15,19H,5-6H2,1-3H3. The topological polar surface area (TPSA) is 24.9 Å². The van der Waals surface area contributed by atoms with Crippen LogP contribution >= 0.6 is 27.3 Å². The Kier molecular flexibility index (Phi) is 3.98. The fourth-order valence-corrected chi connectivity index (χ4v) is 3.99. The molecule has 0 radical (unpaired) electrons. The van der Waals surface area contributed by atoms with Gasteiger partial charge in [-0.15, -0.1) is 11.3 Å². The van der Waals surface area contributed by atoms with Gasteiger partial charge in [0, 0.05) is 15.4 Å². The Morgan fingerprint density at radius 2 is 2.05 bits per heavy atom. The van der Waals surface area contributed by atoms with Crippen LogP contribution in [0.15, 0.2) is 22.7 Å². The Labute approximate surface area is 132 Å². The summed E-state index contributed by atoms with van der Waals surface area (Å²) in [5.41, 5.74) is 3.71. The lowest BCUT2D eigenvalue weighted by atomic mass is 10.1. The van der Waals surface area contributed by atoms with Crippen molar-refractivity contribution < 1.29 is 0 Å². The summed E-state index contributed by atoms with van der Waals surface area (Å²) in [7, 11) is 0. The Morgan fingerprint density at radius 3 is 2.60 bits per heavy atom. The van der Waals surface area contributed by atoms with E-state index in [9.17, 15) is 0 Å². The summed E-state index contributed by atoms with van der Waals surface area (Å²) in [5, 5.41) is 4.92. The van der Waals surface area contributed by atoms with Crippen molar-refractivity contribution in [3.63, 3.8) is 0 Å². The molecule has 1 aliphatic rings. The van der Waals surface area contributed by atoms with Gasteiger partial charge < -0.3 is 5.32 Å². The molecule has 20 heavy (non-hydrogen) atoms. The van der Waals surface area contributed by atoms with Crippen molar-refractivity contribution in [1.82, 2.24) is 10.3 Å². The number of rotatable bonds is 4. The summed E-state index contributed by atoms with van der Waals surface area (Å²) in [6.45, 7) is 6.36. The van der Waals surface area contributed by atoms with Gasteiger partial charge in [0.05, 0.1) is 11.7 Å². The molecule has 0 amide bonds. The van der Waals surface area contributed by atoms with Crippen LogP contribution in [0.25, 0.3) is 0 Å². The van der Waals surface area contributed by atoms with Crippen LogP contribution in [0.1, 0.15) is 45.6 Å². The van der Waals surface area contributed by atoms with E-state index >= 15 is 0 Å². The third-order valence-corrected chi connectivity index (χ3v) is 5.56. The molecule has 1 aromatic carbocycles. The van der Waals surface area contributed by atoms with Gasteiger partial charge >= 0.3 is 0 Å². The van der Waals surface area contributed by atoms with Crippen LogP contribution in [0.3, 0.4) is 0 Å². The van der Waals surface area contributed by atoms with Crippen molar-refractivity contribution in [3.8, 4) is 0 Å². The van der Waals surface area contributed by atoms with Gasteiger partial charge in [-0.3, -0.25) is 0 Å². The van der Waals surface area contributed by atoms with E-state index in [4.69, 9.17) is 4.98 Å². The first-order valence-electron chi connectivity index (χ1n) is 7.00. The molecule has 2 aromatic rings. The molecule has 1 unspecified atom stereocenters. The summed E-state index contributed by atoms with van der Waals surface area (Å²) in [6.07, 6.45) is 2.56. The van der Waals surface area contributed by atoms with Gasteiger partial charge in [0.15, 0.2) is 0 Å². The number of hydrogen-bond donors (Lipinski definition) is 1. The molecule has 0 saturated heterocycles. The smallest absolute Gasteiger partial charge is 0.115 e. The van der Waals surface area contributed by atoms with Crippen LogP contribution in [0.4, 0.5) is 0 Å². The molecule has 4 heteroatoms. The Hall–Kier alpha value is -0.710. The molecule has 1 fully saturated rings. The van der Waals surface area contributed by atoms with Crippen LogP contribution in [-0.2, 0) is 0 Å². The first kappa shape index (κ1) is 14.2. The van der Waals surface area contributed by atoms with E-state index in [0.717, 1.165) is 5.69 Å². The van der Waals surface area contributed by atoms with E-state index in [2.05, 4.69) is 60.2 Å². The van der Waals surface area contributed by atoms with Crippen LogP contribution in [0.2, 0.25) is 0 Å². The lowest BCUT2D eigenvalue weighted by molar-refractivity contribution is 0.595. The van der Waals surface area contributed by atoms with Crippen molar-refractivity contribution in [2.75, 3.05) is 0 Å². The van der Waals surface area contributed by atoms with E-state index in [1.165, 1.54) is 38.3 Å². The van der Waals surface area contributed by atoms with Gasteiger partial charge in [-0.05, 0) is 50.8 Å². The number of nitrogens with one attached hydrogen (secondary N) is 1. The molecule has 106 valence electrons. The SMILES string of the molecule is Cc1ccc(C(NC2CC2)c2nc(C)c(C)s2)c(Br)c1. The predicted molar refractivity (Wildman–Crippen MR) is 88.5 cm³/mol. The fraction of sp³-hybridized carbons (Fsp3) is 0.438. The molecule has 1 aliphatic carbocycles. The van der Waals surface area contributed by atoms with Crippen molar-refractivity contribution in [3.05, 3.63) is 49.4 Å². The first-order valence-corrected chi connectivity index (χ1v) is 8.61. The van der Waals surface area contributed by atoms with Crippen LogP contribution in [0.5, 0.6) is 0 Å². The molecule has 0 aliphatic heterocycles. The minimum Gasteiger partial charge on any atom is -0.301 e. The zero-order valence-corrected chi connectivity index (χ0v) is 14.4. The number of aromatic nitrogens is 1. The number of nitrogens with zero attached hydrogens (tertiary/aromatic N) is 1. The van der Waals surface area contributed by atoms with Crippen LogP contribution < -0.4 is 5.32 Å². The minimum atomic E-state index is 0.204. The number of thiazole rings is 1. The number of aryl methyl sites for hydroxylation is 3. The highest BCUT2D eigenvalue weighted by atomic mass is 79.9. The average Bonchev–Trinajstić information content (AvgIpc) is 3.14. The molecule has 3 rings (SSSR count). The number of hydrogen-bond acceptors (Lipinski definition) is 3. The highest BCUT2D eigenvalue weighted by Gasteiger charge is 2.29. The summed E-state index contributed by atoms with van der Waals surface area (Å²) in [6, 6.07) is 7.43. The molecule has 0 bridgehead atoms. The second-order valence-corrected chi connectivity index (χ2v) is 7.68. The lowest BCUT2D eigenvalue weighted by Crippen LogP contribution is -2.24. The van der Waals surface area contributed by atoms with Crippen molar-refractivity contribution in [2.45, 2.75) is 45.7 Å². The van der Waals surface area contributed by atoms with E-state index in [1.807, 2.05) is 0 Å². The highest BCUT2D eigenvalue weighted by molar-refractivity contribution is 9.10. The molecular formula is C16H19BrN2S. The van der Waals surface area contributed by atoms with Gasteiger partial charge in [-0.2, -0.15) is 0 Å². The largest absolute Gasteiger partial charge is 0.301 e. The second kappa shape index (κ2) is 5.58. The van der Waals surface area contributed by atoms with E-state index < -0.39 is 0 Å². The Morgan fingerprint density at radius 1 is 1.30 bits per heavy atom. The third kappa shape index (κ3) is 2.97. The molecule has 1 heterocycles. The molecule has 1 N–H and O–H groups in total. The third-order valence-electron chi connectivity index (χ3n) is 3.74. The fourth-order valence-electron chi connectivity index (χ4n) is 2.27. The van der Waals surface area contributed by atoms with Gasteiger partial charge in [-0.1, -0.05) is 28.1 Å². The highest BCUT2D eigenvalue weighted by Crippen LogP contribution is 2.35. The molecule has 2 nitrogen and oxygen atoms in total. The predicted octanol–water partition coefficient (Wildman–Crippen LogP) is 4.67. The quantitative estimate of drug-likeness (QED) is 0.866. The summed E-state index contributed by atoms with van der Waals surface area (Å²) in [4.78, 5) is 6.08. The van der Waals surface area contributed by atoms with Gasteiger partial charge in [0.25, 0.3) is 0 Å². The molecule has 0 spiro atoms. The first-order chi connectivity index (χ1) is 9.54. The van der Waals surface area contributed by atoms with E-state index in [-0.39, 0.29) is 6.04 Å². The monoisotopic (exact) mass is 350 g/mol. The molecule has 1 atom stereocenters. The van der Waals surface area contributed by atoms with Crippen molar-refractivity contribution in [1.29, 1.82) is 0 Å². The van der Waals surface area contributed by atoms with Gasteiger partial charge in [-0.25, -0.2) is 4.98 Å². The van der Waals surface area contributed by atoms with E-state index in [0.29, 0.717) is 6.04 Å². The van der Waals surface area contributed by atoms with Crippen molar-refractivity contribution >= 4 is 27.3 Å². The summed E-state index contributed by atoms with van der Waals surface area (Å²) < 4.78 is 1.17. The lowest BCUT2D eigenvalue weighted by Gasteiger charge is -2.18. The van der Waals surface area contributed by atoms with Crippen molar-refractivity contribution in [2.24, 2.45) is 0 Å². The minimum absolute atomic E-state index is 0.204. The van der Waals surface area contributed by atoms with Gasteiger partial charge in [0.1, 0.15) is 5.01 Å². The maximum Gasteiger partial charge on any atom is 0.115 e. The summed E-state index contributed by atoms with van der Waals surface area (Å²) in [5.74, 6) is 0. The number of benzene rings is 1. The molecule has 1 saturated carbocycles. The van der Waals surface area contributed by atoms with E-state index in [1.54, 1.807) is 11.3 Å². The zero-order valence-electron chi connectivity index (χ0n) is 12.0. The molecule has 1 aromatic heterocycles. The zero-order chi connectivity index (χ0) is 14.3. The maximum atomic E-state index is 4.77. The van der Waals surface area contributed by atoms with Crippen LogP contribution in [0, 0.1) is 20.8 Å². The second-order valence-electron chi connectivity index (χ2n) is 5.59.